The number of nitrogens with zero attached hydrogens (tertiary/aromatic N) is 2. The Morgan fingerprint density at radius 1 is 1.12 bits per heavy atom. The van der Waals surface area contributed by atoms with Crippen molar-refractivity contribution >= 4 is 28.9 Å². The van der Waals surface area contributed by atoms with E-state index in [-0.39, 0.29) is 5.56 Å². The van der Waals surface area contributed by atoms with Crippen molar-refractivity contribution in [1.82, 2.24) is 4.90 Å². The van der Waals surface area contributed by atoms with Crippen molar-refractivity contribution in [1.29, 1.82) is 0 Å². The molecule has 0 spiro atoms. The molecule has 0 saturated carbocycles. The number of carbonyl (C=O) groups excluding carboxylic acids is 1. The van der Waals surface area contributed by atoms with Crippen LogP contribution in [0.3, 0.4) is 0 Å². The molecule has 0 aromatic heterocycles. The van der Waals surface area contributed by atoms with Gasteiger partial charge >= 0.3 is 0 Å². The molecule has 3 rings (SSSR count). The monoisotopic (exact) mass is 361 g/mol. The lowest BCUT2D eigenvalue weighted by Gasteiger charge is -2.35. The molecule has 1 amide bonds. The van der Waals surface area contributed by atoms with Crippen LogP contribution in [0.15, 0.2) is 36.4 Å². The summed E-state index contributed by atoms with van der Waals surface area (Å²) in [6, 6.07) is 9.71. The number of hydrogen-bond donors (Lipinski definition) is 1. The molecule has 0 aliphatic carbocycles. The maximum Gasteiger partial charge on any atom is 0.258 e. The second kappa shape index (κ2) is 7.42. The minimum Gasteiger partial charge on any atom is -0.369 e. The number of aryl methyl sites for hydroxylation is 1. The summed E-state index contributed by atoms with van der Waals surface area (Å²) in [4.78, 5) is 16.9. The molecule has 2 aromatic rings. The van der Waals surface area contributed by atoms with E-state index in [0.29, 0.717) is 10.7 Å². The highest BCUT2D eigenvalue weighted by molar-refractivity contribution is 6.31. The lowest BCUT2D eigenvalue weighted by atomic mass is 10.1. The highest BCUT2D eigenvalue weighted by Gasteiger charge is 2.17. The number of carbonyl (C=O) groups is 1. The predicted molar refractivity (Wildman–Crippen MR) is 100 cm³/mol. The molecule has 0 unspecified atom stereocenters. The predicted octanol–water partition coefficient (Wildman–Crippen LogP) is 3.79. The fourth-order valence-corrected chi connectivity index (χ4v) is 3.18. The van der Waals surface area contributed by atoms with Gasteiger partial charge in [-0.15, -0.1) is 0 Å². The third-order valence-electron chi connectivity index (χ3n) is 4.47. The van der Waals surface area contributed by atoms with E-state index in [2.05, 4.69) is 22.2 Å². The van der Waals surface area contributed by atoms with E-state index in [1.54, 1.807) is 0 Å². The van der Waals surface area contributed by atoms with Crippen molar-refractivity contribution in [2.24, 2.45) is 0 Å². The van der Waals surface area contributed by atoms with Gasteiger partial charge in [-0.3, -0.25) is 4.79 Å². The smallest absolute Gasteiger partial charge is 0.258 e. The van der Waals surface area contributed by atoms with Crippen LogP contribution in [0.25, 0.3) is 0 Å². The Hall–Kier alpha value is -2.11. The van der Waals surface area contributed by atoms with Gasteiger partial charge in [-0.05, 0) is 55.9 Å². The number of benzene rings is 2. The molecular weight excluding hydrogens is 341 g/mol. The van der Waals surface area contributed by atoms with Gasteiger partial charge in [0.15, 0.2) is 0 Å². The van der Waals surface area contributed by atoms with Crippen LogP contribution in [0.5, 0.6) is 0 Å². The molecule has 4 nitrogen and oxygen atoms in total. The zero-order valence-corrected chi connectivity index (χ0v) is 15.1. The molecule has 0 bridgehead atoms. The van der Waals surface area contributed by atoms with Gasteiger partial charge in [0.1, 0.15) is 5.82 Å². The minimum atomic E-state index is -0.590. The molecule has 1 fully saturated rings. The average molecular weight is 362 g/mol. The van der Waals surface area contributed by atoms with Crippen LogP contribution < -0.4 is 10.2 Å². The van der Waals surface area contributed by atoms with Crippen molar-refractivity contribution < 1.29 is 9.18 Å². The van der Waals surface area contributed by atoms with Gasteiger partial charge in [-0.1, -0.05) is 11.6 Å². The number of anilines is 2. The Labute approximate surface area is 152 Å². The second-order valence-corrected chi connectivity index (χ2v) is 6.81. The number of rotatable bonds is 3. The molecule has 6 heteroatoms. The van der Waals surface area contributed by atoms with Gasteiger partial charge in [0.05, 0.1) is 5.56 Å². The molecule has 132 valence electrons. The molecule has 1 aliphatic rings. The Bertz CT molecular complexity index is 788. The summed E-state index contributed by atoms with van der Waals surface area (Å²) in [6.45, 7) is 6.05. The highest BCUT2D eigenvalue weighted by atomic mass is 35.5. The van der Waals surface area contributed by atoms with E-state index in [9.17, 15) is 9.18 Å². The van der Waals surface area contributed by atoms with E-state index in [4.69, 9.17) is 11.6 Å². The van der Waals surface area contributed by atoms with Crippen molar-refractivity contribution in [2.75, 3.05) is 43.4 Å². The number of amides is 1. The zero-order chi connectivity index (χ0) is 18.0. The first-order valence-corrected chi connectivity index (χ1v) is 8.62. The second-order valence-electron chi connectivity index (χ2n) is 6.37. The maximum absolute atomic E-state index is 13.8. The summed E-state index contributed by atoms with van der Waals surface area (Å²) in [7, 11) is 2.12. The molecule has 1 aliphatic heterocycles. The molecule has 0 radical (unpaired) electrons. The lowest BCUT2D eigenvalue weighted by Crippen LogP contribution is -2.44. The summed E-state index contributed by atoms with van der Waals surface area (Å²) in [5.41, 5.74) is 2.82. The van der Waals surface area contributed by atoms with Crippen molar-refractivity contribution in [3.8, 4) is 0 Å². The normalized spacial score (nSPS) is 15.3. The molecule has 2 aromatic carbocycles. The fraction of sp³-hybridized carbons (Fsp3) is 0.316. The van der Waals surface area contributed by atoms with E-state index in [1.807, 2.05) is 25.1 Å². The molecule has 1 N–H and O–H groups in total. The first kappa shape index (κ1) is 17.7. The Morgan fingerprint density at radius 3 is 2.52 bits per heavy atom. The Morgan fingerprint density at radius 2 is 1.84 bits per heavy atom. The topological polar surface area (TPSA) is 35.6 Å². The first-order valence-electron chi connectivity index (χ1n) is 8.24. The summed E-state index contributed by atoms with van der Waals surface area (Å²) in [6.07, 6.45) is 0. The van der Waals surface area contributed by atoms with Crippen LogP contribution in [-0.2, 0) is 0 Å². The van der Waals surface area contributed by atoms with Gasteiger partial charge in [0.25, 0.3) is 5.91 Å². The third kappa shape index (κ3) is 4.11. The lowest BCUT2D eigenvalue weighted by molar-refractivity contribution is 0.102. The Balaban J connectivity index is 1.74. The average Bonchev–Trinajstić information content (AvgIpc) is 2.58. The number of nitrogens with one attached hydrogen (secondary N) is 1. The quantitative estimate of drug-likeness (QED) is 0.903. The van der Waals surface area contributed by atoms with E-state index >= 15 is 0 Å². The summed E-state index contributed by atoms with van der Waals surface area (Å²) < 4.78 is 13.8. The van der Waals surface area contributed by atoms with E-state index in [0.717, 1.165) is 31.7 Å². The molecule has 1 saturated heterocycles. The van der Waals surface area contributed by atoms with Crippen LogP contribution in [0.2, 0.25) is 5.02 Å². The van der Waals surface area contributed by atoms with Gasteiger partial charge in [-0.2, -0.15) is 0 Å². The molecule has 25 heavy (non-hydrogen) atoms. The largest absolute Gasteiger partial charge is 0.369 e. The molecule has 0 atom stereocenters. The molecular formula is C19H21ClFN3O. The maximum atomic E-state index is 13.8. The van der Waals surface area contributed by atoms with Crippen molar-refractivity contribution in [3.63, 3.8) is 0 Å². The zero-order valence-electron chi connectivity index (χ0n) is 14.4. The number of piperazine rings is 1. The summed E-state index contributed by atoms with van der Waals surface area (Å²) in [5, 5.41) is 3.07. The van der Waals surface area contributed by atoms with Crippen LogP contribution >= 0.6 is 11.6 Å². The SMILES string of the molecule is Cc1cc(NC(=O)c2cc(Cl)ccc2F)ccc1N1CCN(C)CC1. The number of likely N-dealkylation sites (N-methyl/N-ethyl adjacent to an activating group) is 1. The minimum absolute atomic E-state index is 0.0618. The standard InChI is InChI=1S/C19H21ClFN3O/c1-13-11-15(4-6-18(13)24-9-7-23(2)8-10-24)22-19(25)16-12-14(20)3-5-17(16)21/h3-6,11-12H,7-10H2,1-2H3,(H,22,25). The van der Waals surface area contributed by atoms with Crippen molar-refractivity contribution in [2.45, 2.75) is 6.92 Å². The van der Waals surface area contributed by atoms with Gasteiger partial charge in [0, 0.05) is 42.6 Å². The van der Waals surface area contributed by atoms with Crippen LogP contribution in [0, 0.1) is 12.7 Å². The number of hydrogen-bond acceptors (Lipinski definition) is 3. The van der Waals surface area contributed by atoms with Crippen molar-refractivity contribution in [3.05, 3.63) is 58.4 Å². The van der Waals surface area contributed by atoms with Crippen LogP contribution in [0.1, 0.15) is 15.9 Å². The Kier molecular flexibility index (Phi) is 5.25. The van der Waals surface area contributed by atoms with Gasteiger partial charge in [-0.25, -0.2) is 4.39 Å². The van der Waals surface area contributed by atoms with Gasteiger partial charge < -0.3 is 15.1 Å². The molecule has 1 heterocycles. The third-order valence-corrected chi connectivity index (χ3v) is 4.71. The first-order chi connectivity index (χ1) is 11.9. The van der Waals surface area contributed by atoms with E-state index < -0.39 is 11.7 Å². The van der Waals surface area contributed by atoms with Crippen LogP contribution in [-0.4, -0.2) is 44.0 Å². The summed E-state index contributed by atoms with van der Waals surface area (Å²) in [5.74, 6) is -1.10. The summed E-state index contributed by atoms with van der Waals surface area (Å²) >= 11 is 5.85. The van der Waals surface area contributed by atoms with Crippen LogP contribution in [0.4, 0.5) is 15.8 Å². The van der Waals surface area contributed by atoms with E-state index in [1.165, 1.54) is 23.9 Å². The van der Waals surface area contributed by atoms with Gasteiger partial charge in [0.2, 0.25) is 0 Å². The highest BCUT2D eigenvalue weighted by Crippen LogP contribution is 2.25. The fourth-order valence-electron chi connectivity index (χ4n) is 3.01. The number of halogens is 2.